The molecule has 5 unspecified atom stereocenters. The summed E-state index contributed by atoms with van der Waals surface area (Å²) in [6.07, 6.45) is 5.99. The maximum atomic E-state index is 2.54. The summed E-state index contributed by atoms with van der Waals surface area (Å²) in [6.45, 7) is 12.7. The van der Waals surface area contributed by atoms with Crippen molar-refractivity contribution in [2.24, 2.45) is 40.4 Å². The lowest BCUT2D eigenvalue weighted by Crippen LogP contribution is -2.30. The molecule has 0 bridgehead atoms. The second kappa shape index (κ2) is 3.06. The monoisotopic (exact) mass is 220 g/mol. The maximum Gasteiger partial charge on any atom is -0.0289 e. The van der Waals surface area contributed by atoms with Gasteiger partial charge in [-0.1, -0.05) is 41.0 Å². The number of hydrogen-bond donors (Lipinski definition) is 0. The van der Waals surface area contributed by atoms with Crippen LogP contribution in [0.4, 0.5) is 0 Å². The largest absolute Gasteiger partial charge is 0.0622 e. The van der Waals surface area contributed by atoms with E-state index in [1.807, 2.05) is 0 Å². The first-order chi connectivity index (χ1) is 7.36. The molecule has 92 valence electrons. The minimum Gasteiger partial charge on any atom is -0.0622 e. The van der Waals surface area contributed by atoms with Crippen molar-refractivity contribution in [3.05, 3.63) is 0 Å². The van der Waals surface area contributed by atoms with E-state index in [1.54, 1.807) is 0 Å². The van der Waals surface area contributed by atoms with Crippen molar-refractivity contribution < 1.29 is 0 Å². The summed E-state index contributed by atoms with van der Waals surface area (Å²) in [7, 11) is 0. The van der Waals surface area contributed by atoms with E-state index in [4.69, 9.17) is 0 Å². The van der Waals surface area contributed by atoms with Gasteiger partial charge in [-0.25, -0.2) is 0 Å². The Morgan fingerprint density at radius 2 is 1.56 bits per heavy atom. The third kappa shape index (κ3) is 1.28. The Morgan fingerprint density at radius 1 is 0.875 bits per heavy atom. The fourth-order valence-corrected chi connectivity index (χ4v) is 5.56. The summed E-state index contributed by atoms with van der Waals surface area (Å²) in [5.41, 5.74) is 1.30. The molecule has 3 rings (SSSR count). The zero-order valence-electron chi connectivity index (χ0n) is 11.7. The molecule has 3 saturated carbocycles. The summed E-state index contributed by atoms with van der Waals surface area (Å²) >= 11 is 0. The molecule has 0 aromatic heterocycles. The molecule has 3 aliphatic rings. The van der Waals surface area contributed by atoms with Crippen molar-refractivity contribution >= 4 is 0 Å². The summed E-state index contributed by atoms with van der Waals surface area (Å²) in [5.74, 6) is 5.20. The predicted molar refractivity (Wildman–Crippen MR) is 69.2 cm³/mol. The second-order valence-corrected chi connectivity index (χ2v) is 8.22. The molecule has 0 amide bonds. The van der Waals surface area contributed by atoms with Gasteiger partial charge >= 0.3 is 0 Å². The van der Waals surface area contributed by atoms with Gasteiger partial charge in [0, 0.05) is 0 Å². The van der Waals surface area contributed by atoms with Crippen LogP contribution in [-0.4, -0.2) is 0 Å². The van der Waals surface area contributed by atoms with Crippen LogP contribution in [0.25, 0.3) is 0 Å². The summed E-state index contributed by atoms with van der Waals surface area (Å²) in [5, 5.41) is 0. The average Bonchev–Trinajstić information content (AvgIpc) is 2.51. The molecule has 0 spiro atoms. The number of fused-ring (bicyclic) bond motifs is 3. The molecular weight excluding hydrogens is 192 g/mol. The van der Waals surface area contributed by atoms with Crippen molar-refractivity contribution in [2.75, 3.05) is 0 Å². The fraction of sp³-hybridized carbons (Fsp3) is 1.00. The highest BCUT2D eigenvalue weighted by Crippen LogP contribution is 2.72. The van der Waals surface area contributed by atoms with E-state index in [0.717, 1.165) is 29.6 Å². The van der Waals surface area contributed by atoms with Crippen molar-refractivity contribution in [1.82, 2.24) is 0 Å². The van der Waals surface area contributed by atoms with Gasteiger partial charge in [-0.2, -0.15) is 0 Å². The van der Waals surface area contributed by atoms with Gasteiger partial charge in [0.05, 0.1) is 0 Å². The molecule has 3 aliphatic carbocycles. The van der Waals surface area contributed by atoms with E-state index in [0.29, 0.717) is 10.8 Å². The Bertz CT molecular complexity index is 299. The van der Waals surface area contributed by atoms with E-state index in [2.05, 4.69) is 34.6 Å². The smallest absolute Gasteiger partial charge is 0.0289 e. The normalized spacial score (nSPS) is 52.7. The Balaban J connectivity index is 1.94. The van der Waals surface area contributed by atoms with E-state index >= 15 is 0 Å². The molecule has 3 fully saturated rings. The minimum atomic E-state index is 0.624. The van der Waals surface area contributed by atoms with Gasteiger partial charge in [0.2, 0.25) is 0 Å². The lowest BCUT2D eigenvalue weighted by Gasteiger charge is -2.37. The molecular formula is C16H28. The summed E-state index contributed by atoms with van der Waals surface area (Å²) in [6, 6.07) is 0. The van der Waals surface area contributed by atoms with Crippen molar-refractivity contribution in [3.8, 4) is 0 Å². The van der Waals surface area contributed by atoms with Crippen molar-refractivity contribution in [2.45, 2.75) is 60.3 Å². The number of rotatable bonds is 0. The quantitative estimate of drug-likeness (QED) is 0.553. The minimum absolute atomic E-state index is 0.624. The lowest BCUT2D eigenvalue weighted by molar-refractivity contribution is 0.122. The molecule has 0 aromatic carbocycles. The molecule has 0 N–H and O–H groups in total. The highest BCUT2D eigenvalue weighted by Gasteiger charge is 2.65. The lowest BCUT2D eigenvalue weighted by atomic mass is 9.68. The third-order valence-electron chi connectivity index (χ3n) is 6.71. The maximum absolute atomic E-state index is 2.54. The van der Waals surface area contributed by atoms with Gasteiger partial charge in [-0.05, 0) is 59.7 Å². The number of hydrogen-bond acceptors (Lipinski definition) is 0. The SMILES string of the molecule is CC1CCC2C1C1C(CCC2(C)C)C1(C)C. The van der Waals surface area contributed by atoms with E-state index in [1.165, 1.54) is 25.7 Å². The molecule has 5 atom stereocenters. The average molecular weight is 220 g/mol. The van der Waals surface area contributed by atoms with Crippen LogP contribution in [0.3, 0.4) is 0 Å². The van der Waals surface area contributed by atoms with Crippen LogP contribution in [-0.2, 0) is 0 Å². The van der Waals surface area contributed by atoms with E-state index < -0.39 is 0 Å². The highest BCUT2D eigenvalue weighted by atomic mass is 14.7. The van der Waals surface area contributed by atoms with Gasteiger partial charge in [0.25, 0.3) is 0 Å². The zero-order valence-corrected chi connectivity index (χ0v) is 11.7. The Kier molecular flexibility index (Phi) is 2.12. The van der Waals surface area contributed by atoms with Crippen LogP contribution >= 0.6 is 0 Å². The Morgan fingerprint density at radius 3 is 2.25 bits per heavy atom. The zero-order chi connectivity index (χ0) is 11.7. The van der Waals surface area contributed by atoms with Crippen LogP contribution < -0.4 is 0 Å². The second-order valence-electron chi connectivity index (χ2n) is 8.22. The van der Waals surface area contributed by atoms with Crippen LogP contribution in [0.1, 0.15) is 60.3 Å². The van der Waals surface area contributed by atoms with Crippen molar-refractivity contribution in [1.29, 1.82) is 0 Å². The van der Waals surface area contributed by atoms with Gasteiger partial charge in [-0.15, -0.1) is 0 Å². The first-order valence-corrected chi connectivity index (χ1v) is 7.36. The van der Waals surface area contributed by atoms with Gasteiger partial charge in [0.1, 0.15) is 0 Å². The topological polar surface area (TPSA) is 0 Å². The molecule has 0 heterocycles. The van der Waals surface area contributed by atoms with Gasteiger partial charge in [0.15, 0.2) is 0 Å². The van der Waals surface area contributed by atoms with Crippen LogP contribution in [0.15, 0.2) is 0 Å². The molecule has 16 heavy (non-hydrogen) atoms. The third-order valence-corrected chi connectivity index (χ3v) is 6.71. The molecule has 0 aliphatic heterocycles. The van der Waals surface area contributed by atoms with Crippen LogP contribution in [0, 0.1) is 40.4 Å². The predicted octanol–water partition coefficient (Wildman–Crippen LogP) is 4.74. The molecule has 0 nitrogen and oxygen atoms in total. The Labute approximate surface area is 101 Å². The van der Waals surface area contributed by atoms with Crippen LogP contribution in [0.5, 0.6) is 0 Å². The van der Waals surface area contributed by atoms with E-state index in [9.17, 15) is 0 Å². The fourth-order valence-electron chi connectivity index (χ4n) is 5.56. The van der Waals surface area contributed by atoms with Crippen molar-refractivity contribution in [3.63, 3.8) is 0 Å². The van der Waals surface area contributed by atoms with E-state index in [-0.39, 0.29) is 0 Å². The highest BCUT2D eigenvalue weighted by molar-refractivity contribution is 5.14. The summed E-state index contributed by atoms with van der Waals surface area (Å²) < 4.78 is 0. The first-order valence-electron chi connectivity index (χ1n) is 7.36. The van der Waals surface area contributed by atoms with Gasteiger partial charge < -0.3 is 0 Å². The molecule has 0 radical (unpaired) electrons. The van der Waals surface area contributed by atoms with Gasteiger partial charge in [-0.3, -0.25) is 0 Å². The summed E-state index contributed by atoms with van der Waals surface area (Å²) in [4.78, 5) is 0. The molecule has 0 saturated heterocycles. The molecule has 0 aromatic rings. The molecule has 0 heteroatoms. The Hall–Kier alpha value is 0. The van der Waals surface area contributed by atoms with Crippen LogP contribution in [0.2, 0.25) is 0 Å². The first kappa shape index (κ1) is 11.1. The standard InChI is InChI=1S/C16H28/c1-10-6-7-11-13(10)14-12(16(14,4)5)8-9-15(11,2)3/h10-14H,6-9H2,1-5H3.